The molecule has 0 aromatic heterocycles. The van der Waals surface area contributed by atoms with Crippen molar-refractivity contribution < 1.29 is 9.53 Å². The number of carbonyl (C=O) groups is 1. The van der Waals surface area contributed by atoms with Crippen LogP contribution in [0.4, 0.5) is 10.5 Å². The Morgan fingerprint density at radius 2 is 1.95 bits per heavy atom. The zero-order chi connectivity index (χ0) is 13.7. The summed E-state index contributed by atoms with van der Waals surface area (Å²) in [6.45, 7) is 0.223. The van der Waals surface area contributed by atoms with Gasteiger partial charge in [-0.15, -0.1) is 0 Å². The van der Waals surface area contributed by atoms with E-state index >= 15 is 0 Å². The molecule has 0 saturated carbocycles. The van der Waals surface area contributed by atoms with Crippen LogP contribution in [-0.2, 0) is 11.3 Å². The molecule has 0 bridgehead atoms. The van der Waals surface area contributed by atoms with Crippen LogP contribution in [0.25, 0.3) is 0 Å². The second-order valence-electron chi connectivity index (χ2n) is 3.81. The molecule has 0 heterocycles. The molecule has 2 rings (SSSR count). The molecule has 19 heavy (non-hydrogen) atoms. The van der Waals surface area contributed by atoms with Crippen LogP contribution >= 0.6 is 27.5 Å². The fourth-order valence-corrected chi connectivity index (χ4v) is 2.18. The van der Waals surface area contributed by atoms with Gasteiger partial charge >= 0.3 is 6.09 Å². The maximum atomic E-state index is 11.6. The predicted molar refractivity (Wildman–Crippen MR) is 79.4 cm³/mol. The van der Waals surface area contributed by atoms with Crippen molar-refractivity contribution in [2.24, 2.45) is 0 Å². The van der Waals surface area contributed by atoms with Crippen molar-refractivity contribution in [1.29, 1.82) is 0 Å². The Labute approximate surface area is 124 Å². The minimum atomic E-state index is -0.534. The molecule has 2 aromatic rings. The molecular formula is C14H11BrClNO2. The number of rotatable bonds is 3. The first kappa shape index (κ1) is 13.9. The molecule has 1 amide bonds. The largest absolute Gasteiger partial charge is 0.444 e. The fraction of sp³-hybridized carbons (Fsp3) is 0.0714. The molecule has 3 nitrogen and oxygen atoms in total. The van der Waals surface area contributed by atoms with Crippen molar-refractivity contribution in [2.75, 3.05) is 5.32 Å². The predicted octanol–water partition coefficient (Wildman–Crippen LogP) is 4.85. The van der Waals surface area contributed by atoms with Crippen molar-refractivity contribution in [3.05, 3.63) is 63.6 Å². The van der Waals surface area contributed by atoms with E-state index in [0.717, 1.165) is 10.0 Å². The lowest BCUT2D eigenvalue weighted by Gasteiger charge is -2.08. The highest BCUT2D eigenvalue weighted by molar-refractivity contribution is 9.10. The summed E-state index contributed by atoms with van der Waals surface area (Å²) >= 11 is 9.29. The lowest BCUT2D eigenvalue weighted by Crippen LogP contribution is -2.13. The average molecular weight is 341 g/mol. The van der Waals surface area contributed by atoms with Crippen molar-refractivity contribution in [1.82, 2.24) is 0 Å². The maximum Gasteiger partial charge on any atom is 0.412 e. The van der Waals surface area contributed by atoms with Crippen LogP contribution in [-0.4, -0.2) is 6.09 Å². The summed E-state index contributed by atoms with van der Waals surface area (Å²) in [5.41, 5.74) is 1.45. The Morgan fingerprint density at radius 3 is 2.63 bits per heavy atom. The third-order valence-corrected chi connectivity index (χ3v) is 3.19. The van der Waals surface area contributed by atoms with Gasteiger partial charge in [-0.1, -0.05) is 57.9 Å². The molecule has 0 radical (unpaired) electrons. The Hall–Kier alpha value is -1.52. The molecule has 0 atom stereocenters. The van der Waals surface area contributed by atoms with Gasteiger partial charge in [0.05, 0.1) is 10.7 Å². The zero-order valence-electron chi connectivity index (χ0n) is 9.90. The molecule has 0 spiro atoms. The first-order valence-corrected chi connectivity index (χ1v) is 6.75. The van der Waals surface area contributed by atoms with Crippen molar-refractivity contribution in [3.63, 3.8) is 0 Å². The summed E-state index contributed by atoms with van der Waals surface area (Å²) in [6, 6.07) is 14.7. The van der Waals surface area contributed by atoms with Crippen molar-refractivity contribution in [3.8, 4) is 0 Å². The molecule has 1 N–H and O–H groups in total. The molecule has 0 unspecified atom stereocenters. The second kappa shape index (κ2) is 6.59. The van der Waals surface area contributed by atoms with E-state index in [2.05, 4.69) is 21.2 Å². The van der Waals surface area contributed by atoms with Gasteiger partial charge in [-0.2, -0.15) is 0 Å². The Bertz CT molecular complexity index is 575. The van der Waals surface area contributed by atoms with Gasteiger partial charge in [0.15, 0.2) is 0 Å². The topological polar surface area (TPSA) is 38.3 Å². The highest BCUT2D eigenvalue weighted by Crippen LogP contribution is 2.25. The highest BCUT2D eigenvalue weighted by Gasteiger charge is 2.07. The number of benzene rings is 2. The van der Waals surface area contributed by atoms with Crippen LogP contribution in [0.5, 0.6) is 0 Å². The van der Waals surface area contributed by atoms with Crippen LogP contribution < -0.4 is 5.32 Å². The lowest BCUT2D eigenvalue weighted by atomic mass is 10.2. The number of amides is 1. The molecule has 5 heteroatoms. The summed E-state index contributed by atoms with van der Waals surface area (Å²) in [6.07, 6.45) is -0.534. The van der Waals surface area contributed by atoms with Crippen molar-refractivity contribution in [2.45, 2.75) is 6.61 Å². The van der Waals surface area contributed by atoms with E-state index in [1.807, 2.05) is 30.3 Å². The standard InChI is InChI=1S/C14H11BrClNO2/c15-11-6-7-13(12(16)8-11)17-14(18)19-9-10-4-2-1-3-5-10/h1-8H,9H2,(H,17,18). The number of nitrogens with one attached hydrogen (secondary N) is 1. The minimum absolute atomic E-state index is 0.223. The smallest absolute Gasteiger partial charge is 0.412 e. The zero-order valence-corrected chi connectivity index (χ0v) is 12.2. The van der Waals surface area contributed by atoms with Gasteiger partial charge in [0.25, 0.3) is 0 Å². The summed E-state index contributed by atoms with van der Waals surface area (Å²) in [4.78, 5) is 11.6. The summed E-state index contributed by atoms with van der Waals surface area (Å²) in [5, 5.41) is 3.04. The minimum Gasteiger partial charge on any atom is -0.444 e. The van der Waals surface area contributed by atoms with Crippen LogP contribution in [0.3, 0.4) is 0 Å². The number of halogens is 2. The van der Waals surface area contributed by atoms with Gasteiger partial charge in [-0.3, -0.25) is 5.32 Å². The van der Waals surface area contributed by atoms with Gasteiger partial charge in [0.1, 0.15) is 6.61 Å². The van der Waals surface area contributed by atoms with E-state index in [1.54, 1.807) is 18.2 Å². The SMILES string of the molecule is O=C(Nc1ccc(Br)cc1Cl)OCc1ccccc1. The van der Waals surface area contributed by atoms with Gasteiger partial charge in [-0.25, -0.2) is 4.79 Å². The maximum absolute atomic E-state index is 11.6. The van der Waals surface area contributed by atoms with Gasteiger partial charge in [0.2, 0.25) is 0 Å². The number of carbonyl (C=O) groups excluding carboxylic acids is 1. The monoisotopic (exact) mass is 339 g/mol. The number of hydrogen-bond acceptors (Lipinski definition) is 2. The van der Waals surface area contributed by atoms with Gasteiger partial charge in [-0.05, 0) is 23.8 Å². The van der Waals surface area contributed by atoms with Gasteiger partial charge in [0, 0.05) is 4.47 Å². The summed E-state index contributed by atoms with van der Waals surface area (Å²) in [5.74, 6) is 0. The molecule has 0 aliphatic rings. The normalized spacial score (nSPS) is 10.0. The highest BCUT2D eigenvalue weighted by atomic mass is 79.9. The number of ether oxygens (including phenoxy) is 1. The number of anilines is 1. The van der Waals surface area contributed by atoms with Crippen LogP contribution in [0, 0.1) is 0 Å². The van der Waals surface area contributed by atoms with E-state index in [4.69, 9.17) is 16.3 Å². The third kappa shape index (κ3) is 4.26. The van der Waals surface area contributed by atoms with E-state index in [1.165, 1.54) is 0 Å². The molecular weight excluding hydrogens is 330 g/mol. The number of hydrogen-bond donors (Lipinski definition) is 1. The molecule has 0 fully saturated rings. The second-order valence-corrected chi connectivity index (χ2v) is 5.13. The summed E-state index contributed by atoms with van der Waals surface area (Å²) < 4.78 is 5.94. The average Bonchev–Trinajstić information content (AvgIpc) is 2.41. The van der Waals surface area contributed by atoms with Crippen molar-refractivity contribution >= 4 is 39.3 Å². The quantitative estimate of drug-likeness (QED) is 0.867. The molecule has 0 saturated heterocycles. The van der Waals surface area contributed by atoms with Gasteiger partial charge < -0.3 is 4.74 Å². The first-order valence-electron chi connectivity index (χ1n) is 5.58. The Balaban J connectivity index is 1.91. The van der Waals surface area contributed by atoms with E-state index in [-0.39, 0.29) is 6.61 Å². The Kier molecular flexibility index (Phi) is 4.82. The fourth-order valence-electron chi connectivity index (χ4n) is 1.46. The Morgan fingerprint density at radius 1 is 1.21 bits per heavy atom. The summed E-state index contributed by atoms with van der Waals surface area (Å²) in [7, 11) is 0. The molecule has 2 aromatic carbocycles. The lowest BCUT2D eigenvalue weighted by molar-refractivity contribution is 0.155. The first-order chi connectivity index (χ1) is 9.15. The third-order valence-electron chi connectivity index (χ3n) is 2.38. The van der Waals surface area contributed by atoms with E-state index < -0.39 is 6.09 Å². The van der Waals surface area contributed by atoms with Crippen LogP contribution in [0.15, 0.2) is 53.0 Å². The molecule has 98 valence electrons. The van der Waals surface area contributed by atoms with Crippen LogP contribution in [0.1, 0.15) is 5.56 Å². The molecule has 0 aliphatic heterocycles. The molecule has 0 aliphatic carbocycles. The van der Waals surface area contributed by atoms with E-state index in [9.17, 15) is 4.79 Å². The van der Waals surface area contributed by atoms with E-state index in [0.29, 0.717) is 10.7 Å². The van der Waals surface area contributed by atoms with Crippen LogP contribution in [0.2, 0.25) is 5.02 Å².